The van der Waals surface area contributed by atoms with E-state index in [0.717, 1.165) is 34.1 Å². The minimum absolute atomic E-state index is 1.12. The molecule has 0 N–H and O–H groups in total. The molecule has 0 unspecified atom stereocenters. The Morgan fingerprint density at radius 2 is 0.526 bits per heavy atom. The maximum Gasteiger partial charge on any atom is 0.0546 e. The highest BCUT2D eigenvalue weighted by atomic mass is 15.1. The van der Waals surface area contributed by atoms with Gasteiger partial charge in [0.1, 0.15) is 0 Å². The lowest BCUT2D eigenvalue weighted by molar-refractivity contribution is 1.30. The molecule has 0 saturated carbocycles. The summed E-state index contributed by atoms with van der Waals surface area (Å²) in [7, 11) is 0. The zero-order chi connectivity index (χ0) is 49.8. The molecule has 0 amide bonds. The van der Waals surface area contributed by atoms with Gasteiger partial charge in [0.25, 0.3) is 0 Å². The molecule has 0 bridgehead atoms. The standard InChI is InChI=1S/C74H46N2/c1-7-23-47(24-8-1)67-63-46-60-59(57-39-41-65(71-55-37-21-19-27-49(55)43-61(60)69(57)71)75(51-29-11-3-12-30-51)52-31-13-4-14-32-52)45-62(63)68(48-25-9-2-10-26-48)74-64-44-50-28-20-22-38-56(50)72-66(42-40-58(70(64)72)73(67)74)76(53-33-15-5-16-34-53)54-35-17-6-18-36-54/h1-46H. The van der Waals surface area contributed by atoms with Crippen molar-refractivity contribution in [3.8, 4) is 22.3 Å². The van der Waals surface area contributed by atoms with Crippen molar-refractivity contribution in [1.82, 2.24) is 0 Å². The minimum atomic E-state index is 1.12. The van der Waals surface area contributed by atoms with Gasteiger partial charge in [-0.05, 0) is 183 Å². The molecular weight excluding hydrogens is 917 g/mol. The Hall–Kier alpha value is -10.0. The summed E-state index contributed by atoms with van der Waals surface area (Å²) < 4.78 is 0. The van der Waals surface area contributed by atoms with Crippen LogP contribution in [0.3, 0.4) is 0 Å². The van der Waals surface area contributed by atoms with Crippen LogP contribution in [-0.4, -0.2) is 0 Å². The Morgan fingerprint density at radius 3 is 0.974 bits per heavy atom. The predicted octanol–water partition coefficient (Wildman–Crippen LogP) is 21.2. The molecule has 0 radical (unpaired) electrons. The van der Waals surface area contributed by atoms with Gasteiger partial charge in [-0.25, -0.2) is 0 Å². The Balaban J connectivity index is 1.10. The molecule has 0 aliphatic carbocycles. The van der Waals surface area contributed by atoms with Crippen LogP contribution in [0.1, 0.15) is 0 Å². The fourth-order valence-corrected chi connectivity index (χ4v) is 13.1. The van der Waals surface area contributed by atoms with Crippen molar-refractivity contribution >= 4 is 131 Å². The first-order valence-corrected chi connectivity index (χ1v) is 26.3. The first kappa shape index (κ1) is 42.5. The molecule has 0 heterocycles. The fourth-order valence-electron chi connectivity index (χ4n) is 13.1. The van der Waals surface area contributed by atoms with E-state index in [9.17, 15) is 0 Å². The lowest BCUT2D eigenvalue weighted by Gasteiger charge is -2.27. The SMILES string of the molecule is c1ccc(-c2c3cc4c(cc3c(-c3ccccc3)c3c5cc6ccccc6c6c(N(c7ccccc7)c7ccccc7)ccc(c23)c56)c2ccc(N(c3ccccc3)c3ccccc3)c3c5ccccc5cc4c23)cc1. The van der Waals surface area contributed by atoms with Crippen LogP contribution in [0, 0.1) is 0 Å². The molecule has 0 saturated heterocycles. The van der Waals surface area contributed by atoms with E-state index < -0.39 is 0 Å². The highest BCUT2D eigenvalue weighted by Gasteiger charge is 2.29. The average Bonchev–Trinajstić information content (AvgIpc) is 4.12. The quantitative estimate of drug-likeness (QED) is 0.140. The van der Waals surface area contributed by atoms with Gasteiger partial charge in [-0.1, -0.05) is 194 Å². The summed E-state index contributed by atoms with van der Waals surface area (Å²) in [6, 6.07) is 103. The van der Waals surface area contributed by atoms with Gasteiger partial charge in [0.05, 0.1) is 11.4 Å². The Labute approximate surface area is 439 Å². The number of fused-ring (bicyclic) bond motifs is 11. The summed E-state index contributed by atoms with van der Waals surface area (Å²) in [5, 5.41) is 22.7. The van der Waals surface area contributed by atoms with Crippen molar-refractivity contribution in [1.29, 1.82) is 0 Å². The minimum Gasteiger partial charge on any atom is -0.310 e. The summed E-state index contributed by atoms with van der Waals surface area (Å²) in [6.07, 6.45) is 0. The van der Waals surface area contributed by atoms with Gasteiger partial charge in [-0.3, -0.25) is 0 Å². The van der Waals surface area contributed by atoms with E-state index >= 15 is 0 Å². The number of rotatable bonds is 8. The first-order chi connectivity index (χ1) is 37.8. The number of benzene rings is 14. The third-order valence-corrected chi connectivity index (χ3v) is 16.2. The van der Waals surface area contributed by atoms with Crippen LogP contribution < -0.4 is 9.80 Å². The molecule has 0 aromatic heterocycles. The van der Waals surface area contributed by atoms with Crippen LogP contribution >= 0.6 is 0 Å². The molecule has 76 heavy (non-hydrogen) atoms. The second-order valence-corrected chi connectivity index (χ2v) is 20.2. The van der Waals surface area contributed by atoms with Crippen LogP contribution in [0.5, 0.6) is 0 Å². The summed E-state index contributed by atoms with van der Waals surface area (Å²) in [6.45, 7) is 0. The van der Waals surface area contributed by atoms with Crippen LogP contribution in [0.15, 0.2) is 279 Å². The molecule has 2 heteroatoms. The Kier molecular flexibility index (Phi) is 9.37. The van der Waals surface area contributed by atoms with E-state index in [1.165, 1.54) is 119 Å². The molecule has 0 fully saturated rings. The van der Waals surface area contributed by atoms with E-state index in [4.69, 9.17) is 0 Å². The van der Waals surface area contributed by atoms with Crippen LogP contribution in [0.4, 0.5) is 34.1 Å². The number of hydrogen-bond acceptors (Lipinski definition) is 2. The summed E-state index contributed by atoms with van der Waals surface area (Å²) >= 11 is 0. The van der Waals surface area contributed by atoms with Gasteiger partial charge in [-0.15, -0.1) is 0 Å². The van der Waals surface area contributed by atoms with E-state index in [1.807, 2.05) is 0 Å². The monoisotopic (exact) mass is 962 g/mol. The molecule has 0 aliphatic heterocycles. The molecule has 16 rings (SSSR count). The molecule has 16 aromatic carbocycles. The molecule has 0 aliphatic rings. The normalized spacial score (nSPS) is 11.9. The van der Waals surface area contributed by atoms with Crippen LogP contribution in [0.2, 0.25) is 0 Å². The number of anilines is 6. The van der Waals surface area contributed by atoms with Crippen LogP contribution in [0.25, 0.3) is 119 Å². The van der Waals surface area contributed by atoms with Crippen molar-refractivity contribution in [2.24, 2.45) is 0 Å². The predicted molar refractivity (Wildman–Crippen MR) is 327 cm³/mol. The molecule has 352 valence electrons. The van der Waals surface area contributed by atoms with Gasteiger partial charge < -0.3 is 9.80 Å². The fraction of sp³-hybridized carbons (Fsp3) is 0. The number of nitrogens with zero attached hydrogens (tertiary/aromatic N) is 2. The van der Waals surface area contributed by atoms with E-state index in [2.05, 4.69) is 289 Å². The van der Waals surface area contributed by atoms with Crippen molar-refractivity contribution in [3.63, 3.8) is 0 Å². The molecule has 0 spiro atoms. The van der Waals surface area contributed by atoms with Gasteiger partial charge >= 0.3 is 0 Å². The van der Waals surface area contributed by atoms with Crippen LogP contribution in [-0.2, 0) is 0 Å². The average molecular weight is 963 g/mol. The summed E-state index contributed by atoms with van der Waals surface area (Å²) in [4.78, 5) is 4.88. The molecule has 2 nitrogen and oxygen atoms in total. The van der Waals surface area contributed by atoms with Gasteiger partial charge in [0.2, 0.25) is 0 Å². The smallest absolute Gasteiger partial charge is 0.0546 e. The van der Waals surface area contributed by atoms with Crippen molar-refractivity contribution in [2.75, 3.05) is 9.80 Å². The third kappa shape index (κ3) is 6.22. The number of para-hydroxylation sites is 4. The molecule has 0 atom stereocenters. The second-order valence-electron chi connectivity index (χ2n) is 20.2. The maximum atomic E-state index is 2.56. The second kappa shape index (κ2) is 16.8. The highest BCUT2D eigenvalue weighted by molar-refractivity contribution is 6.45. The lowest BCUT2D eigenvalue weighted by atomic mass is 9.85. The van der Waals surface area contributed by atoms with Crippen molar-refractivity contribution in [3.05, 3.63) is 279 Å². The highest BCUT2D eigenvalue weighted by Crippen LogP contribution is 2.57. The van der Waals surface area contributed by atoms with Crippen molar-refractivity contribution in [2.45, 2.75) is 0 Å². The Morgan fingerprint density at radius 1 is 0.184 bits per heavy atom. The third-order valence-electron chi connectivity index (χ3n) is 16.2. The topological polar surface area (TPSA) is 6.48 Å². The molecular formula is C74H46N2. The van der Waals surface area contributed by atoms with Gasteiger partial charge in [0, 0.05) is 44.3 Å². The first-order valence-electron chi connectivity index (χ1n) is 26.3. The largest absolute Gasteiger partial charge is 0.310 e. The van der Waals surface area contributed by atoms with E-state index in [1.54, 1.807) is 0 Å². The van der Waals surface area contributed by atoms with E-state index in [-0.39, 0.29) is 0 Å². The van der Waals surface area contributed by atoms with Gasteiger partial charge in [-0.2, -0.15) is 0 Å². The van der Waals surface area contributed by atoms with Crippen molar-refractivity contribution < 1.29 is 0 Å². The maximum absolute atomic E-state index is 2.56. The lowest BCUT2D eigenvalue weighted by Crippen LogP contribution is -2.10. The summed E-state index contributed by atoms with van der Waals surface area (Å²) in [5.41, 5.74) is 11.7. The zero-order valence-electron chi connectivity index (χ0n) is 41.5. The zero-order valence-corrected chi connectivity index (χ0v) is 41.5. The summed E-state index contributed by atoms with van der Waals surface area (Å²) in [5.74, 6) is 0. The van der Waals surface area contributed by atoms with Gasteiger partial charge in [0.15, 0.2) is 0 Å². The molecule has 16 aromatic rings. The Bertz CT molecular complexity index is 4810. The van der Waals surface area contributed by atoms with E-state index in [0.29, 0.717) is 0 Å². The number of hydrogen-bond donors (Lipinski definition) is 0.